The summed E-state index contributed by atoms with van der Waals surface area (Å²) >= 11 is 0. The molecule has 11 heteroatoms. The maximum absolute atomic E-state index is 12.7. The van der Waals surface area contributed by atoms with Crippen LogP contribution in [0.3, 0.4) is 0 Å². The average molecular weight is 455 g/mol. The fourth-order valence-electron chi connectivity index (χ4n) is 2.95. The number of carbonyl (C=O) groups excluding carboxylic acids is 3. The molecule has 1 aliphatic rings. The predicted molar refractivity (Wildman–Crippen MR) is 114 cm³/mol. The number of nitrogens with zero attached hydrogens (tertiary/aromatic N) is 1. The predicted octanol–water partition coefficient (Wildman–Crippen LogP) is -0.468. The summed E-state index contributed by atoms with van der Waals surface area (Å²) in [5.74, 6) is -2.44. The maximum atomic E-state index is 12.7. The van der Waals surface area contributed by atoms with Crippen LogP contribution < -0.4 is 15.4 Å². The normalized spacial score (nSPS) is 17.4. The van der Waals surface area contributed by atoms with Crippen LogP contribution >= 0.6 is 0 Å². The van der Waals surface area contributed by atoms with Gasteiger partial charge in [0.25, 0.3) is 0 Å². The first kappa shape index (κ1) is 24.9. The van der Waals surface area contributed by atoms with Gasteiger partial charge < -0.3 is 20.3 Å². The van der Waals surface area contributed by atoms with Crippen molar-refractivity contribution < 1.29 is 27.5 Å². The molecule has 1 saturated heterocycles. The second-order valence-electron chi connectivity index (χ2n) is 7.73. The number of hydrogen-bond acceptors (Lipinski definition) is 8. The number of benzene rings is 1. The summed E-state index contributed by atoms with van der Waals surface area (Å²) in [4.78, 5) is 38.9. The fraction of sp³-hybridized carbons (Fsp3) is 0.550. The van der Waals surface area contributed by atoms with Crippen LogP contribution in [-0.4, -0.2) is 77.0 Å². The summed E-state index contributed by atoms with van der Waals surface area (Å²) in [6.07, 6.45) is 0.797. The Morgan fingerprint density at radius 3 is 2.48 bits per heavy atom. The molecule has 10 nitrogen and oxygen atoms in total. The number of carbonyl (C=O) groups is 3. The maximum Gasteiger partial charge on any atom is 0.332 e. The van der Waals surface area contributed by atoms with E-state index in [0.717, 1.165) is 12.0 Å². The monoisotopic (exact) mass is 454 g/mol. The number of hydrogen-bond donors (Lipinski definition) is 3. The number of esters is 2. The van der Waals surface area contributed by atoms with Crippen LogP contribution in [0.1, 0.15) is 24.8 Å². The van der Waals surface area contributed by atoms with Crippen LogP contribution in [0.5, 0.6) is 0 Å². The Hall–Kier alpha value is -2.34. The lowest BCUT2D eigenvalue weighted by Crippen LogP contribution is -2.47. The molecule has 0 aliphatic carbocycles. The summed E-state index contributed by atoms with van der Waals surface area (Å²) in [6.45, 7) is 3.33. The van der Waals surface area contributed by atoms with Crippen molar-refractivity contribution in [3.8, 4) is 0 Å². The Morgan fingerprint density at radius 1 is 1.23 bits per heavy atom. The lowest BCUT2D eigenvalue weighted by Gasteiger charge is -2.18. The zero-order valence-corrected chi connectivity index (χ0v) is 18.8. The minimum atomic E-state index is -4.12. The van der Waals surface area contributed by atoms with Crippen molar-refractivity contribution in [3.05, 3.63) is 29.8 Å². The molecule has 1 fully saturated rings. The molecule has 31 heavy (non-hydrogen) atoms. The third-order valence-electron chi connectivity index (χ3n) is 4.73. The van der Waals surface area contributed by atoms with E-state index in [4.69, 9.17) is 4.74 Å². The van der Waals surface area contributed by atoms with Gasteiger partial charge >= 0.3 is 11.9 Å². The van der Waals surface area contributed by atoms with Crippen LogP contribution in [0.15, 0.2) is 29.2 Å². The first-order valence-corrected chi connectivity index (χ1v) is 11.6. The molecular formula is C20H30N4O6S. The summed E-state index contributed by atoms with van der Waals surface area (Å²) in [6, 6.07) is 3.86. The highest BCUT2D eigenvalue weighted by atomic mass is 32.2. The van der Waals surface area contributed by atoms with Gasteiger partial charge in [0.15, 0.2) is 0 Å². The van der Waals surface area contributed by atoms with Crippen molar-refractivity contribution in [2.45, 2.75) is 43.2 Å². The average Bonchev–Trinajstić information content (AvgIpc) is 3.22. The molecule has 1 aromatic carbocycles. The molecule has 0 unspecified atom stereocenters. The van der Waals surface area contributed by atoms with Crippen LogP contribution in [0, 0.1) is 6.92 Å². The van der Waals surface area contributed by atoms with E-state index in [1.54, 1.807) is 12.1 Å². The van der Waals surface area contributed by atoms with Crippen molar-refractivity contribution in [1.29, 1.82) is 0 Å². The smallest absolute Gasteiger partial charge is 0.332 e. The molecule has 0 aromatic heterocycles. The van der Waals surface area contributed by atoms with Gasteiger partial charge in [0.2, 0.25) is 15.9 Å². The minimum Gasteiger partial charge on any atom is -0.391 e. The van der Waals surface area contributed by atoms with Gasteiger partial charge in [-0.3, -0.25) is 4.79 Å². The molecule has 1 amide bonds. The summed E-state index contributed by atoms with van der Waals surface area (Å²) < 4.78 is 32.6. The third-order valence-corrected chi connectivity index (χ3v) is 6.22. The number of sulfonamides is 1. The van der Waals surface area contributed by atoms with Gasteiger partial charge in [-0.2, -0.15) is 4.72 Å². The van der Waals surface area contributed by atoms with Gasteiger partial charge in [0, 0.05) is 13.1 Å². The molecule has 1 aromatic rings. The Labute approximate surface area is 182 Å². The number of rotatable bonds is 10. The van der Waals surface area contributed by atoms with Crippen molar-refractivity contribution in [3.63, 3.8) is 0 Å². The molecule has 3 N–H and O–H groups in total. The molecule has 172 valence electrons. The van der Waals surface area contributed by atoms with Crippen LogP contribution in [0.2, 0.25) is 0 Å². The molecule has 1 heterocycles. The van der Waals surface area contributed by atoms with Crippen molar-refractivity contribution in [1.82, 2.24) is 20.3 Å². The largest absolute Gasteiger partial charge is 0.391 e. The van der Waals surface area contributed by atoms with Gasteiger partial charge in [-0.05, 0) is 52.5 Å². The summed E-state index contributed by atoms with van der Waals surface area (Å²) in [5.41, 5.74) is 0.866. The lowest BCUT2D eigenvalue weighted by molar-refractivity contribution is -0.162. The number of amides is 1. The highest BCUT2D eigenvalue weighted by Gasteiger charge is 2.33. The van der Waals surface area contributed by atoms with Crippen molar-refractivity contribution in [2.24, 2.45) is 0 Å². The number of likely N-dealkylation sites (N-methyl/N-ethyl adjacent to an activating group) is 1. The van der Waals surface area contributed by atoms with E-state index >= 15 is 0 Å². The summed E-state index contributed by atoms with van der Waals surface area (Å²) in [7, 11) is -0.446. The molecule has 0 spiro atoms. The SMILES string of the molecule is Cc1ccc(S(=O)(=O)N[C@@H](CC(=O)NCCN(C)C)C(=O)OC(=O)[C@@H]2CCCN2)cc1. The summed E-state index contributed by atoms with van der Waals surface area (Å²) in [5, 5.41) is 5.53. The van der Waals surface area contributed by atoms with E-state index < -0.39 is 46.4 Å². The van der Waals surface area contributed by atoms with E-state index in [2.05, 4.69) is 15.4 Å². The van der Waals surface area contributed by atoms with Crippen molar-refractivity contribution in [2.75, 3.05) is 33.7 Å². The standard InChI is InChI=1S/C20H30N4O6S/c1-14-6-8-15(9-7-14)31(28,29)23-17(13-18(25)22-11-12-24(2)3)20(27)30-19(26)16-5-4-10-21-16/h6-9,16-17,21,23H,4-5,10-13H2,1-3H3,(H,22,25)/t16-,17-/m0/s1. The van der Waals surface area contributed by atoms with Gasteiger partial charge in [-0.25, -0.2) is 18.0 Å². The third kappa shape index (κ3) is 8.02. The zero-order valence-electron chi connectivity index (χ0n) is 18.0. The highest BCUT2D eigenvalue weighted by Crippen LogP contribution is 2.13. The first-order valence-electron chi connectivity index (χ1n) is 10.1. The second kappa shape index (κ2) is 11.3. The topological polar surface area (TPSA) is 134 Å². The first-order chi connectivity index (χ1) is 14.6. The van der Waals surface area contributed by atoms with E-state index in [0.29, 0.717) is 26.1 Å². The lowest BCUT2D eigenvalue weighted by atomic mass is 10.2. The Bertz CT molecular complexity index is 879. The molecule has 1 aliphatic heterocycles. The number of nitrogens with one attached hydrogen (secondary N) is 3. The number of ether oxygens (including phenoxy) is 1. The quantitative estimate of drug-likeness (QED) is 0.319. The highest BCUT2D eigenvalue weighted by molar-refractivity contribution is 7.89. The Kier molecular flexibility index (Phi) is 9.11. The van der Waals surface area contributed by atoms with Gasteiger partial charge in [-0.15, -0.1) is 0 Å². The fourth-order valence-corrected chi connectivity index (χ4v) is 4.13. The van der Waals surface area contributed by atoms with Crippen LogP contribution in [-0.2, 0) is 29.1 Å². The van der Waals surface area contributed by atoms with E-state index in [1.807, 2.05) is 25.9 Å². The van der Waals surface area contributed by atoms with E-state index in [-0.39, 0.29) is 4.90 Å². The Morgan fingerprint density at radius 2 is 1.90 bits per heavy atom. The van der Waals surface area contributed by atoms with Crippen LogP contribution in [0.25, 0.3) is 0 Å². The zero-order chi connectivity index (χ0) is 23.0. The molecule has 0 radical (unpaired) electrons. The number of aryl methyl sites for hydroxylation is 1. The second-order valence-corrected chi connectivity index (χ2v) is 9.45. The van der Waals surface area contributed by atoms with Crippen LogP contribution in [0.4, 0.5) is 0 Å². The van der Waals surface area contributed by atoms with Crippen molar-refractivity contribution >= 4 is 27.9 Å². The molecule has 2 rings (SSSR count). The van der Waals surface area contributed by atoms with E-state index in [9.17, 15) is 22.8 Å². The minimum absolute atomic E-state index is 0.0623. The molecule has 0 saturated carbocycles. The van der Waals surface area contributed by atoms with Gasteiger partial charge in [0.1, 0.15) is 12.1 Å². The Balaban J connectivity index is 2.11. The molecule has 0 bridgehead atoms. The van der Waals surface area contributed by atoms with Gasteiger partial charge in [-0.1, -0.05) is 17.7 Å². The molecule has 2 atom stereocenters. The van der Waals surface area contributed by atoms with Gasteiger partial charge in [0.05, 0.1) is 11.3 Å². The molecular weight excluding hydrogens is 424 g/mol. The van der Waals surface area contributed by atoms with E-state index in [1.165, 1.54) is 12.1 Å².